The van der Waals surface area contributed by atoms with E-state index in [1.54, 1.807) is 0 Å². The number of carboxylic acid groups (broad SMARTS) is 1. The molecule has 24 heavy (non-hydrogen) atoms. The minimum absolute atomic E-state index is 0.181. The highest BCUT2D eigenvalue weighted by Crippen LogP contribution is 2.22. The van der Waals surface area contributed by atoms with Crippen LogP contribution < -0.4 is 4.74 Å². The number of imidazole rings is 1. The summed E-state index contributed by atoms with van der Waals surface area (Å²) in [6, 6.07) is 8.52. The van der Waals surface area contributed by atoms with Gasteiger partial charge in [-0.2, -0.15) is 0 Å². The fraction of sp³-hybridized carbons (Fsp3) is 0.353. The molecule has 3 rings (SSSR count). The van der Waals surface area contributed by atoms with E-state index in [0.717, 1.165) is 17.1 Å². The number of aromatic nitrogens is 2. The molecule has 1 atom stereocenters. The van der Waals surface area contributed by atoms with Gasteiger partial charge in [0.25, 0.3) is 0 Å². The fourth-order valence-electron chi connectivity index (χ4n) is 2.79. The second-order valence-corrected chi connectivity index (χ2v) is 5.67. The van der Waals surface area contributed by atoms with Crippen molar-refractivity contribution in [2.75, 3.05) is 6.61 Å². The molecule has 0 fully saturated rings. The lowest BCUT2D eigenvalue weighted by molar-refractivity contribution is -0.151. The zero-order valence-electron chi connectivity index (χ0n) is 13.1. The number of H-pyrrole nitrogens is 1. The molecule has 1 aromatic heterocycles. The number of hydrogen-bond donors (Lipinski definition) is 2. The molecule has 2 heterocycles. The number of carboxylic acids is 1. The summed E-state index contributed by atoms with van der Waals surface area (Å²) in [6.45, 7) is 0.668. The third-order valence-corrected chi connectivity index (χ3v) is 4.05. The number of nitrogens with one attached hydrogen (secondary N) is 1. The Labute approximate surface area is 139 Å². The number of ether oxygens (including phenoxy) is 1. The van der Waals surface area contributed by atoms with Crippen molar-refractivity contribution in [1.29, 1.82) is 0 Å². The summed E-state index contributed by atoms with van der Waals surface area (Å²) in [5.41, 5.74) is 1.53. The molecular formula is C17H19N3O4. The van der Waals surface area contributed by atoms with Gasteiger partial charge in [-0.1, -0.05) is 18.2 Å². The lowest BCUT2D eigenvalue weighted by Crippen LogP contribution is -2.48. The van der Waals surface area contributed by atoms with Gasteiger partial charge in [-0.15, -0.1) is 0 Å². The highest BCUT2D eigenvalue weighted by Gasteiger charge is 2.35. The number of aliphatic carboxylic acids is 1. The van der Waals surface area contributed by atoms with Crippen molar-refractivity contribution < 1.29 is 19.4 Å². The summed E-state index contributed by atoms with van der Waals surface area (Å²) < 4.78 is 5.56. The molecule has 1 aromatic carbocycles. The van der Waals surface area contributed by atoms with E-state index in [4.69, 9.17) is 4.74 Å². The zero-order valence-corrected chi connectivity index (χ0v) is 13.1. The van der Waals surface area contributed by atoms with Gasteiger partial charge < -0.3 is 19.7 Å². The topological polar surface area (TPSA) is 95.5 Å². The van der Waals surface area contributed by atoms with E-state index in [1.807, 2.05) is 30.3 Å². The SMILES string of the molecule is O=C(O)[C@H]1Cc2nc[nH]c2CN1C(=O)CCCOc1ccccc1. The van der Waals surface area contributed by atoms with Crippen molar-refractivity contribution in [3.8, 4) is 5.75 Å². The Kier molecular flexibility index (Phi) is 4.79. The Balaban J connectivity index is 1.54. The first-order valence-corrected chi connectivity index (χ1v) is 7.86. The molecule has 0 saturated heterocycles. The zero-order chi connectivity index (χ0) is 16.9. The lowest BCUT2D eigenvalue weighted by atomic mass is 10.0. The molecule has 0 saturated carbocycles. The number of aromatic amines is 1. The third kappa shape index (κ3) is 3.56. The van der Waals surface area contributed by atoms with Gasteiger partial charge in [-0.25, -0.2) is 9.78 Å². The molecule has 0 bridgehead atoms. The van der Waals surface area contributed by atoms with Crippen LogP contribution in [0, 0.1) is 0 Å². The van der Waals surface area contributed by atoms with Crippen LogP contribution in [0.2, 0.25) is 0 Å². The highest BCUT2D eigenvalue weighted by atomic mass is 16.5. The number of nitrogens with zero attached hydrogens (tertiary/aromatic N) is 2. The van der Waals surface area contributed by atoms with Gasteiger partial charge in [0.15, 0.2) is 0 Å². The van der Waals surface area contributed by atoms with Gasteiger partial charge in [0.2, 0.25) is 5.91 Å². The molecule has 1 aliphatic rings. The minimum atomic E-state index is -1.00. The Hall–Kier alpha value is -2.83. The predicted molar refractivity (Wildman–Crippen MR) is 85.4 cm³/mol. The van der Waals surface area contributed by atoms with Gasteiger partial charge in [0, 0.05) is 12.8 Å². The second kappa shape index (κ2) is 7.16. The predicted octanol–water partition coefficient (Wildman–Crippen LogP) is 1.61. The molecule has 0 unspecified atom stereocenters. The van der Waals surface area contributed by atoms with Crippen molar-refractivity contribution in [3.05, 3.63) is 48.0 Å². The molecular weight excluding hydrogens is 310 g/mol. The fourth-order valence-corrected chi connectivity index (χ4v) is 2.79. The molecule has 1 aliphatic heterocycles. The quantitative estimate of drug-likeness (QED) is 0.785. The van der Waals surface area contributed by atoms with Crippen molar-refractivity contribution in [3.63, 3.8) is 0 Å². The van der Waals surface area contributed by atoms with Crippen molar-refractivity contribution in [1.82, 2.24) is 14.9 Å². The first-order valence-electron chi connectivity index (χ1n) is 7.86. The summed E-state index contributed by atoms with van der Waals surface area (Å²) in [6.07, 6.45) is 2.55. The number of carbonyl (C=O) groups excluding carboxylic acids is 1. The van der Waals surface area contributed by atoms with Gasteiger partial charge >= 0.3 is 5.97 Å². The third-order valence-electron chi connectivity index (χ3n) is 4.05. The molecule has 0 aliphatic carbocycles. The maximum atomic E-state index is 12.4. The van der Waals surface area contributed by atoms with E-state index in [0.29, 0.717) is 13.0 Å². The van der Waals surface area contributed by atoms with Crippen LogP contribution in [-0.2, 0) is 22.6 Å². The molecule has 1 amide bonds. The van der Waals surface area contributed by atoms with Crippen LogP contribution in [0.4, 0.5) is 0 Å². The maximum absolute atomic E-state index is 12.4. The van der Waals surface area contributed by atoms with E-state index < -0.39 is 12.0 Å². The van der Waals surface area contributed by atoms with Gasteiger partial charge in [-0.3, -0.25) is 4.79 Å². The Morgan fingerprint density at radius 1 is 1.33 bits per heavy atom. The van der Waals surface area contributed by atoms with Crippen LogP contribution >= 0.6 is 0 Å². The van der Waals surface area contributed by atoms with Crippen molar-refractivity contribution in [2.45, 2.75) is 31.8 Å². The number of amides is 1. The molecule has 7 nitrogen and oxygen atoms in total. The van der Waals surface area contributed by atoms with Crippen LogP contribution in [0.15, 0.2) is 36.7 Å². The standard InChI is InChI=1S/C17H19N3O4/c21-16(7-4-8-24-12-5-2-1-3-6-12)20-10-14-13(18-11-19-14)9-15(20)17(22)23/h1-3,5-6,11,15H,4,7-10H2,(H,18,19)(H,22,23)/t15-/m1/s1. The number of benzene rings is 1. The van der Waals surface area contributed by atoms with Gasteiger partial charge in [0.05, 0.1) is 30.9 Å². The smallest absolute Gasteiger partial charge is 0.326 e. The second-order valence-electron chi connectivity index (χ2n) is 5.67. The molecule has 0 radical (unpaired) electrons. The maximum Gasteiger partial charge on any atom is 0.326 e. The Bertz CT molecular complexity index is 714. The largest absolute Gasteiger partial charge is 0.494 e. The average molecular weight is 329 g/mol. The molecule has 2 N–H and O–H groups in total. The number of hydrogen-bond acceptors (Lipinski definition) is 4. The van der Waals surface area contributed by atoms with Crippen LogP contribution in [0.1, 0.15) is 24.2 Å². The molecule has 0 spiro atoms. The molecule has 126 valence electrons. The van der Waals surface area contributed by atoms with Crippen LogP contribution in [0.5, 0.6) is 5.75 Å². The van der Waals surface area contributed by atoms with E-state index >= 15 is 0 Å². The van der Waals surface area contributed by atoms with Gasteiger partial charge in [0.1, 0.15) is 11.8 Å². The van der Waals surface area contributed by atoms with Crippen LogP contribution in [-0.4, -0.2) is 44.5 Å². The first-order chi connectivity index (χ1) is 11.6. The van der Waals surface area contributed by atoms with Gasteiger partial charge in [-0.05, 0) is 18.6 Å². The number of rotatable bonds is 6. The Morgan fingerprint density at radius 3 is 2.88 bits per heavy atom. The van der Waals surface area contributed by atoms with Crippen LogP contribution in [0.25, 0.3) is 0 Å². The Morgan fingerprint density at radius 2 is 2.12 bits per heavy atom. The normalized spacial score (nSPS) is 16.5. The summed E-state index contributed by atoms with van der Waals surface area (Å²) >= 11 is 0. The van der Waals surface area contributed by atoms with E-state index in [2.05, 4.69) is 9.97 Å². The van der Waals surface area contributed by atoms with E-state index in [9.17, 15) is 14.7 Å². The summed E-state index contributed by atoms with van der Waals surface area (Å²) in [5.74, 6) is -0.426. The number of para-hydroxylation sites is 1. The first kappa shape index (κ1) is 16.0. The van der Waals surface area contributed by atoms with E-state index in [-0.39, 0.29) is 25.3 Å². The lowest BCUT2D eigenvalue weighted by Gasteiger charge is -2.32. The monoisotopic (exact) mass is 329 g/mol. The summed E-state index contributed by atoms with van der Waals surface area (Å²) in [7, 11) is 0. The van der Waals surface area contributed by atoms with Crippen molar-refractivity contribution in [2.24, 2.45) is 0 Å². The molecule has 7 heteroatoms. The highest BCUT2D eigenvalue weighted by molar-refractivity contribution is 5.84. The van der Waals surface area contributed by atoms with E-state index in [1.165, 1.54) is 11.2 Å². The van der Waals surface area contributed by atoms with Crippen LogP contribution in [0.3, 0.4) is 0 Å². The summed E-state index contributed by atoms with van der Waals surface area (Å²) in [4.78, 5) is 32.4. The average Bonchev–Trinajstić information content (AvgIpc) is 3.05. The van der Waals surface area contributed by atoms with Crippen molar-refractivity contribution >= 4 is 11.9 Å². The minimum Gasteiger partial charge on any atom is -0.494 e. The number of fused-ring (bicyclic) bond motifs is 1. The number of carbonyl (C=O) groups is 2. The molecule has 2 aromatic rings. The summed E-state index contributed by atoms with van der Waals surface area (Å²) in [5, 5.41) is 9.38.